The van der Waals surface area contributed by atoms with E-state index in [0.717, 1.165) is 0 Å². The van der Waals surface area contributed by atoms with E-state index in [1.807, 2.05) is 13.8 Å². The van der Waals surface area contributed by atoms with Crippen LogP contribution in [0.25, 0.3) is 0 Å². The zero-order valence-corrected chi connectivity index (χ0v) is 12.7. The summed E-state index contributed by atoms with van der Waals surface area (Å²) < 4.78 is 0.685. The van der Waals surface area contributed by atoms with Gasteiger partial charge in [-0.2, -0.15) is 0 Å². The molecule has 0 spiro atoms. The number of anilines is 2. The van der Waals surface area contributed by atoms with Crippen LogP contribution in [0.15, 0.2) is 29.0 Å². The van der Waals surface area contributed by atoms with Crippen LogP contribution in [0.1, 0.15) is 36.1 Å². The van der Waals surface area contributed by atoms with E-state index in [1.165, 1.54) is 6.20 Å². The molecule has 2 aromatic rings. The van der Waals surface area contributed by atoms with Crippen LogP contribution in [0.5, 0.6) is 0 Å². The van der Waals surface area contributed by atoms with Crippen molar-refractivity contribution in [1.82, 2.24) is 15.0 Å². The van der Waals surface area contributed by atoms with E-state index in [9.17, 15) is 4.79 Å². The number of halogens is 1. The van der Waals surface area contributed by atoms with Gasteiger partial charge >= 0.3 is 0 Å². The molecule has 2 heterocycles. The first-order valence-electron chi connectivity index (χ1n) is 6.03. The number of pyridine rings is 1. The summed E-state index contributed by atoms with van der Waals surface area (Å²) in [6.07, 6.45) is 3.04. The third kappa shape index (κ3) is 3.11. The van der Waals surface area contributed by atoms with Crippen LogP contribution in [0.4, 0.5) is 11.5 Å². The van der Waals surface area contributed by atoms with E-state index in [4.69, 9.17) is 5.73 Å². The van der Waals surface area contributed by atoms with Crippen LogP contribution in [-0.2, 0) is 0 Å². The van der Waals surface area contributed by atoms with Gasteiger partial charge in [0.05, 0.1) is 16.4 Å². The average molecular weight is 336 g/mol. The van der Waals surface area contributed by atoms with Gasteiger partial charge in [0.25, 0.3) is 5.91 Å². The van der Waals surface area contributed by atoms with Gasteiger partial charge in [0, 0.05) is 12.1 Å². The van der Waals surface area contributed by atoms with Crippen LogP contribution < -0.4 is 11.1 Å². The third-order valence-electron chi connectivity index (χ3n) is 2.56. The molecule has 0 bridgehead atoms. The number of nitrogens with one attached hydrogen (secondary N) is 1. The molecule has 0 atom stereocenters. The minimum absolute atomic E-state index is 0.115. The van der Waals surface area contributed by atoms with Gasteiger partial charge < -0.3 is 11.1 Å². The maximum atomic E-state index is 12.2. The fraction of sp³-hybridized carbons (Fsp3) is 0.231. The molecule has 0 saturated carbocycles. The Morgan fingerprint density at radius 1 is 1.40 bits per heavy atom. The van der Waals surface area contributed by atoms with Gasteiger partial charge in [-0.3, -0.25) is 4.79 Å². The Bertz CT molecular complexity index is 644. The molecule has 104 valence electrons. The summed E-state index contributed by atoms with van der Waals surface area (Å²) in [6.45, 7) is 3.89. The number of hydrogen-bond acceptors (Lipinski definition) is 5. The van der Waals surface area contributed by atoms with Crippen molar-refractivity contribution >= 4 is 33.3 Å². The molecule has 6 nitrogen and oxygen atoms in total. The standard InChI is InChI=1S/C13H14BrN5O/c1-7(2)11-17-6-9(15)10(18-11)13(20)19-12-8(14)4-3-5-16-12/h3-7H,15H2,1-2H3,(H,16,19,20). The number of nitrogens with zero attached hydrogens (tertiary/aromatic N) is 3. The predicted molar refractivity (Wildman–Crippen MR) is 80.4 cm³/mol. The quantitative estimate of drug-likeness (QED) is 0.898. The zero-order valence-electron chi connectivity index (χ0n) is 11.1. The predicted octanol–water partition coefficient (Wildman–Crippen LogP) is 2.59. The van der Waals surface area contributed by atoms with Crippen LogP contribution in [0, 0.1) is 0 Å². The Balaban J connectivity index is 2.30. The molecule has 1 amide bonds. The van der Waals surface area contributed by atoms with Crippen molar-refractivity contribution in [3.05, 3.63) is 40.5 Å². The summed E-state index contributed by atoms with van der Waals surface area (Å²) in [5.41, 5.74) is 6.15. The summed E-state index contributed by atoms with van der Waals surface area (Å²) in [5.74, 6) is 0.695. The monoisotopic (exact) mass is 335 g/mol. The van der Waals surface area contributed by atoms with Crippen molar-refractivity contribution in [1.29, 1.82) is 0 Å². The molecule has 0 aliphatic carbocycles. The van der Waals surface area contributed by atoms with E-state index in [2.05, 4.69) is 36.2 Å². The second-order valence-electron chi connectivity index (χ2n) is 4.47. The van der Waals surface area contributed by atoms with E-state index in [-0.39, 0.29) is 17.3 Å². The SMILES string of the molecule is CC(C)c1ncc(N)c(C(=O)Nc2ncccc2Br)n1. The summed E-state index contributed by atoms with van der Waals surface area (Å²) in [7, 11) is 0. The highest BCUT2D eigenvalue weighted by Crippen LogP contribution is 2.20. The summed E-state index contributed by atoms with van der Waals surface area (Å²) in [6, 6.07) is 3.54. The lowest BCUT2D eigenvalue weighted by Gasteiger charge is -2.09. The van der Waals surface area contributed by atoms with Gasteiger partial charge in [0.15, 0.2) is 5.69 Å². The van der Waals surface area contributed by atoms with Crippen LogP contribution in [0.3, 0.4) is 0 Å². The lowest BCUT2D eigenvalue weighted by atomic mass is 10.2. The maximum Gasteiger partial charge on any atom is 0.277 e. The smallest absolute Gasteiger partial charge is 0.277 e. The second-order valence-corrected chi connectivity index (χ2v) is 5.33. The zero-order chi connectivity index (χ0) is 14.7. The van der Waals surface area contributed by atoms with Gasteiger partial charge in [-0.05, 0) is 28.1 Å². The van der Waals surface area contributed by atoms with E-state index < -0.39 is 5.91 Å². The first-order chi connectivity index (χ1) is 9.49. The molecule has 3 N–H and O–H groups in total. The molecule has 0 aromatic carbocycles. The molecule has 7 heteroatoms. The fourth-order valence-electron chi connectivity index (χ4n) is 1.51. The number of carbonyl (C=O) groups excluding carboxylic acids is 1. The minimum Gasteiger partial charge on any atom is -0.396 e. The van der Waals surface area contributed by atoms with E-state index in [0.29, 0.717) is 16.1 Å². The number of aromatic nitrogens is 3. The molecule has 0 aliphatic rings. The minimum atomic E-state index is -0.411. The molecule has 2 rings (SSSR count). The van der Waals surface area contributed by atoms with Crippen LogP contribution in [-0.4, -0.2) is 20.9 Å². The maximum absolute atomic E-state index is 12.2. The van der Waals surface area contributed by atoms with Crippen LogP contribution in [0.2, 0.25) is 0 Å². The Labute approximate surface area is 125 Å². The summed E-state index contributed by atoms with van der Waals surface area (Å²) in [5, 5.41) is 2.67. The number of amides is 1. The molecule has 0 saturated heterocycles. The third-order valence-corrected chi connectivity index (χ3v) is 3.20. The lowest BCUT2D eigenvalue weighted by Crippen LogP contribution is -2.18. The van der Waals surface area contributed by atoms with E-state index in [1.54, 1.807) is 18.3 Å². The number of nitrogen functional groups attached to an aromatic ring is 1. The van der Waals surface area contributed by atoms with Crippen LogP contribution >= 0.6 is 15.9 Å². The van der Waals surface area contributed by atoms with Crippen molar-refractivity contribution in [3.63, 3.8) is 0 Å². The molecule has 0 fully saturated rings. The molecular weight excluding hydrogens is 322 g/mol. The van der Waals surface area contributed by atoms with Crippen molar-refractivity contribution in [2.24, 2.45) is 0 Å². The fourth-order valence-corrected chi connectivity index (χ4v) is 1.86. The van der Waals surface area contributed by atoms with Gasteiger partial charge in [-0.25, -0.2) is 15.0 Å². The molecule has 0 aliphatic heterocycles. The summed E-state index contributed by atoms with van der Waals surface area (Å²) in [4.78, 5) is 24.6. The Morgan fingerprint density at radius 3 is 2.80 bits per heavy atom. The Kier molecular flexibility index (Phi) is 4.29. The molecule has 2 aromatic heterocycles. The van der Waals surface area contributed by atoms with Gasteiger partial charge in [-0.15, -0.1) is 0 Å². The van der Waals surface area contributed by atoms with Crippen molar-refractivity contribution in [3.8, 4) is 0 Å². The summed E-state index contributed by atoms with van der Waals surface area (Å²) >= 11 is 3.31. The van der Waals surface area contributed by atoms with Gasteiger partial charge in [0.1, 0.15) is 11.6 Å². The second kappa shape index (κ2) is 5.96. The van der Waals surface area contributed by atoms with Crippen molar-refractivity contribution < 1.29 is 4.79 Å². The van der Waals surface area contributed by atoms with Gasteiger partial charge in [-0.1, -0.05) is 13.8 Å². The average Bonchev–Trinajstić information content (AvgIpc) is 2.41. The first kappa shape index (κ1) is 14.4. The first-order valence-corrected chi connectivity index (χ1v) is 6.82. The number of nitrogens with two attached hydrogens (primary N) is 1. The largest absolute Gasteiger partial charge is 0.396 e. The van der Waals surface area contributed by atoms with Crippen molar-refractivity contribution in [2.45, 2.75) is 19.8 Å². The number of hydrogen-bond donors (Lipinski definition) is 2. The van der Waals surface area contributed by atoms with Crippen molar-refractivity contribution in [2.75, 3.05) is 11.1 Å². The van der Waals surface area contributed by atoms with E-state index >= 15 is 0 Å². The topological polar surface area (TPSA) is 93.8 Å². The lowest BCUT2D eigenvalue weighted by molar-refractivity contribution is 0.102. The number of rotatable bonds is 3. The normalized spacial score (nSPS) is 10.6. The Morgan fingerprint density at radius 2 is 2.15 bits per heavy atom. The molecule has 0 radical (unpaired) electrons. The van der Waals surface area contributed by atoms with Gasteiger partial charge in [0.2, 0.25) is 0 Å². The molecule has 20 heavy (non-hydrogen) atoms. The number of carbonyl (C=O) groups is 1. The highest BCUT2D eigenvalue weighted by Gasteiger charge is 2.16. The highest BCUT2D eigenvalue weighted by atomic mass is 79.9. The molecule has 0 unspecified atom stereocenters. The molecular formula is C13H14BrN5O. The highest BCUT2D eigenvalue weighted by molar-refractivity contribution is 9.10. The Hall–Kier alpha value is -2.02.